The van der Waals surface area contributed by atoms with Crippen LogP contribution in [0, 0.1) is 13.8 Å². The fourth-order valence-corrected chi connectivity index (χ4v) is 3.06. The minimum atomic E-state index is -0.495. The lowest BCUT2D eigenvalue weighted by atomic mass is 10.1. The van der Waals surface area contributed by atoms with E-state index in [4.69, 9.17) is 4.74 Å². The van der Waals surface area contributed by atoms with Gasteiger partial charge in [-0.2, -0.15) is 0 Å². The number of aryl methyl sites for hydroxylation is 2. The summed E-state index contributed by atoms with van der Waals surface area (Å²) >= 11 is 1.36. The molecular formula is C20H21NO5S. The maximum atomic E-state index is 12.0. The van der Waals surface area contributed by atoms with E-state index in [-0.39, 0.29) is 5.75 Å². The fraction of sp³-hybridized carbons (Fsp3) is 0.250. The number of thioether (sulfide) groups is 1. The molecule has 0 spiro atoms. The first kappa shape index (κ1) is 20.5. The van der Waals surface area contributed by atoms with Crippen molar-refractivity contribution in [1.29, 1.82) is 0 Å². The van der Waals surface area contributed by atoms with Crippen LogP contribution in [-0.2, 0) is 19.1 Å². The number of amides is 1. The minimum absolute atomic E-state index is 0.120. The van der Waals surface area contributed by atoms with Gasteiger partial charge in [-0.15, -0.1) is 11.8 Å². The summed E-state index contributed by atoms with van der Waals surface area (Å²) in [5.41, 5.74) is 2.64. The van der Waals surface area contributed by atoms with Gasteiger partial charge in [-0.05, 0) is 43.2 Å². The van der Waals surface area contributed by atoms with Crippen LogP contribution in [0.1, 0.15) is 21.5 Å². The molecule has 0 aliphatic rings. The van der Waals surface area contributed by atoms with Gasteiger partial charge in [0, 0.05) is 10.6 Å². The van der Waals surface area contributed by atoms with E-state index in [0.717, 1.165) is 16.0 Å². The largest absolute Gasteiger partial charge is 0.465 e. The minimum Gasteiger partial charge on any atom is -0.465 e. The van der Waals surface area contributed by atoms with Crippen LogP contribution in [0.4, 0.5) is 5.69 Å². The molecule has 0 aromatic heterocycles. The average molecular weight is 387 g/mol. The zero-order chi connectivity index (χ0) is 19.8. The molecule has 6 nitrogen and oxygen atoms in total. The first-order valence-corrected chi connectivity index (χ1v) is 9.22. The van der Waals surface area contributed by atoms with Crippen LogP contribution < -0.4 is 5.32 Å². The summed E-state index contributed by atoms with van der Waals surface area (Å²) < 4.78 is 9.68. The quantitative estimate of drug-likeness (QED) is 0.579. The summed E-state index contributed by atoms with van der Waals surface area (Å²) in [6.45, 7) is 3.36. The van der Waals surface area contributed by atoms with Crippen molar-refractivity contribution in [2.75, 3.05) is 24.8 Å². The maximum Gasteiger partial charge on any atom is 0.337 e. The predicted octanol–water partition coefficient (Wildman–Crippen LogP) is 3.36. The third-order valence-corrected chi connectivity index (χ3v) is 4.89. The molecule has 0 atom stereocenters. The fourth-order valence-electron chi connectivity index (χ4n) is 2.23. The molecule has 1 N–H and O–H groups in total. The molecule has 0 heterocycles. The van der Waals surface area contributed by atoms with E-state index in [2.05, 4.69) is 10.1 Å². The number of benzene rings is 2. The molecule has 142 valence electrons. The molecule has 0 saturated carbocycles. The topological polar surface area (TPSA) is 81.7 Å². The Morgan fingerprint density at radius 3 is 2.48 bits per heavy atom. The number of methoxy groups -OCH3 is 1. The van der Waals surface area contributed by atoms with Crippen LogP contribution in [0.3, 0.4) is 0 Å². The van der Waals surface area contributed by atoms with E-state index in [1.165, 1.54) is 24.9 Å². The van der Waals surface area contributed by atoms with Crippen LogP contribution in [-0.4, -0.2) is 37.3 Å². The molecule has 0 aliphatic carbocycles. The van der Waals surface area contributed by atoms with Crippen molar-refractivity contribution in [3.05, 3.63) is 59.2 Å². The molecule has 2 aromatic rings. The van der Waals surface area contributed by atoms with Crippen LogP contribution in [0.2, 0.25) is 0 Å². The lowest BCUT2D eigenvalue weighted by molar-refractivity contribution is -0.144. The van der Waals surface area contributed by atoms with Gasteiger partial charge in [-0.3, -0.25) is 9.59 Å². The van der Waals surface area contributed by atoms with Crippen molar-refractivity contribution >= 4 is 35.3 Å². The standard InChI is InChI=1S/C20H21NO5S/c1-13-8-9-15(20(24)25-3)10-16(13)21-18(22)11-26-19(23)12-27-17-7-5-4-6-14(17)2/h4-10H,11-12H2,1-3H3,(H,21,22). The average Bonchev–Trinajstić information content (AvgIpc) is 2.66. The SMILES string of the molecule is COC(=O)c1ccc(C)c(NC(=O)COC(=O)CSc2ccccc2C)c1. The summed E-state index contributed by atoms with van der Waals surface area (Å²) in [6, 6.07) is 12.6. The van der Waals surface area contributed by atoms with Crippen molar-refractivity contribution < 1.29 is 23.9 Å². The highest BCUT2D eigenvalue weighted by molar-refractivity contribution is 8.00. The summed E-state index contributed by atoms with van der Waals surface area (Å²) in [4.78, 5) is 36.5. The van der Waals surface area contributed by atoms with Crippen molar-refractivity contribution in [1.82, 2.24) is 0 Å². The normalized spacial score (nSPS) is 10.2. The number of anilines is 1. The van der Waals surface area contributed by atoms with E-state index < -0.39 is 24.5 Å². The Kier molecular flexibility index (Phi) is 7.43. The lowest BCUT2D eigenvalue weighted by Gasteiger charge is -2.10. The molecule has 0 fully saturated rings. The van der Waals surface area contributed by atoms with Crippen LogP contribution in [0.5, 0.6) is 0 Å². The summed E-state index contributed by atoms with van der Waals surface area (Å²) in [5.74, 6) is -1.33. The Balaban J connectivity index is 1.84. The number of nitrogens with one attached hydrogen (secondary N) is 1. The van der Waals surface area contributed by atoms with Gasteiger partial charge in [-0.25, -0.2) is 4.79 Å². The van der Waals surface area contributed by atoms with E-state index in [1.807, 2.05) is 31.2 Å². The number of esters is 2. The van der Waals surface area contributed by atoms with Gasteiger partial charge in [0.15, 0.2) is 6.61 Å². The van der Waals surface area contributed by atoms with Crippen molar-refractivity contribution in [3.8, 4) is 0 Å². The molecule has 27 heavy (non-hydrogen) atoms. The molecule has 1 amide bonds. The van der Waals surface area contributed by atoms with Crippen LogP contribution in [0.25, 0.3) is 0 Å². The Labute approximate surface area is 162 Å². The number of rotatable bonds is 7. The second-order valence-corrected chi connectivity index (χ2v) is 6.80. The zero-order valence-corrected chi connectivity index (χ0v) is 16.2. The molecule has 0 radical (unpaired) electrons. The van der Waals surface area contributed by atoms with E-state index in [9.17, 15) is 14.4 Å². The third kappa shape index (κ3) is 6.14. The summed E-state index contributed by atoms with van der Waals surface area (Å²) in [7, 11) is 1.29. The van der Waals surface area contributed by atoms with Gasteiger partial charge >= 0.3 is 11.9 Å². The monoisotopic (exact) mass is 387 g/mol. The van der Waals surface area contributed by atoms with E-state index in [1.54, 1.807) is 19.1 Å². The van der Waals surface area contributed by atoms with Gasteiger partial charge < -0.3 is 14.8 Å². The first-order valence-electron chi connectivity index (χ1n) is 8.23. The van der Waals surface area contributed by atoms with Crippen molar-refractivity contribution in [2.45, 2.75) is 18.7 Å². The summed E-state index contributed by atoms with van der Waals surface area (Å²) in [6.07, 6.45) is 0. The predicted molar refractivity (Wildman–Crippen MR) is 104 cm³/mol. The van der Waals surface area contributed by atoms with Gasteiger partial charge in [0.25, 0.3) is 5.91 Å². The Morgan fingerprint density at radius 1 is 1.04 bits per heavy atom. The molecule has 2 aromatic carbocycles. The number of ether oxygens (including phenoxy) is 2. The first-order chi connectivity index (χ1) is 12.9. The van der Waals surface area contributed by atoms with Gasteiger partial charge in [0.05, 0.1) is 18.4 Å². The van der Waals surface area contributed by atoms with Gasteiger partial charge in [0.2, 0.25) is 0 Å². The third-order valence-electron chi connectivity index (χ3n) is 3.74. The zero-order valence-electron chi connectivity index (χ0n) is 15.4. The molecule has 7 heteroatoms. The molecule has 0 saturated heterocycles. The van der Waals surface area contributed by atoms with Crippen LogP contribution in [0.15, 0.2) is 47.4 Å². The Bertz CT molecular complexity index is 850. The maximum absolute atomic E-state index is 12.0. The highest BCUT2D eigenvalue weighted by Crippen LogP contribution is 2.22. The molecule has 0 bridgehead atoms. The highest BCUT2D eigenvalue weighted by atomic mass is 32.2. The smallest absolute Gasteiger partial charge is 0.337 e. The Hall–Kier alpha value is -2.80. The molecular weight excluding hydrogens is 366 g/mol. The summed E-state index contributed by atoms with van der Waals surface area (Å²) in [5, 5.41) is 2.64. The van der Waals surface area contributed by atoms with Gasteiger partial charge in [-0.1, -0.05) is 24.3 Å². The van der Waals surface area contributed by atoms with E-state index >= 15 is 0 Å². The number of hydrogen-bond acceptors (Lipinski definition) is 6. The second-order valence-electron chi connectivity index (χ2n) is 5.78. The van der Waals surface area contributed by atoms with Crippen LogP contribution >= 0.6 is 11.8 Å². The molecule has 0 aliphatic heterocycles. The highest BCUT2D eigenvalue weighted by Gasteiger charge is 2.12. The van der Waals surface area contributed by atoms with E-state index in [0.29, 0.717) is 11.3 Å². The van der Waals surface area contributed by atoms with Gasteiger partial charge in [0.1, 0.15) is 0 Å². The molecule has 0 unspecified atom stereocenters. The molecule has 2 rings (SSSR count). The van der Waals surface area contributed by atoms with Crippen molar-refractivity contribution in [3.63, 3.8) is 0 Å². The number of carbonyl (C=O) groups excluding carboxylic acids is 3. The lowest BCUT2D eigenvalue weighted by Crippen LogP contribution is -2.22. The number of hydrogen-bond donors (Lipinski definition) is 1. The number of carbonyl (C=O) groups is 3. The second kappa shape index (κ2) is 9.78. The van der Waals surface area contributed by atoms with Crippen molar-refractivity contribution in [2.24, 2.45) is 0 Å². The Morgan fingerprint density at radius 2 is 1.78 bits per heavy atom.